The highest BCUT2D eigenvalue weighted by Gasteiger charge is 2.17. The molecule has 1 fully saturated rings. The molecular weight excluding hydrogens is 158 g/mol. The van der Waals surface area contributed by atoms with Gasteiger partial charge >= 0.3 is 0 Å². The van der Waals surface area contributed by atoms with Gasteiger partial charge in [0, 0.05) is 6.04 Å². The zero-order valence-corrected chi connectivity index (χ0v) is 8.89. The van der Waals surface area contributed by atoms with E-state index in [2.05, 4.69) is 25.0 Å². The molecule has 13 heavy (non-hydrogen) atoms. The van der Waals surface area contributed by atoms with E-state index in [1.807, 2.05) is 0 Å². The van der Waals surface area contributed by atoms with Gasteiger partial charge in [-0.3, -0.25) is 0 Å². The minimum Gasteiger partial charge on any atom is -0.317 e. The van der Waals surface area contributed by atoms with Gasteiger partial charge in [0.25, 0.3) is 0 Å². The van der Waals surface area contributed by atoms with Gasteiger partial charge in [-0.25, -0.2) is 0 Å². The standard InChI is InChI=1S/C12H23N/c1-3-4-7-11-8-5-6-9-12(10-11)13-2/h3,11-13H,1,4-10H2,2H3. The van der Waals surface area contributed by atoms with Crippen molar-refractivity contribution in [1.29, 1.82) is 0 Å². The first-order valence-corrected chi connectivity index (χ1v) is 5.65. The highest BCUT2D eigenvalue weighted by Crippen LogP contribution is 2.26. The van der Waals surface area contributed by atoms with Crippen molar-refractivity contribution >= 4 is 0 Å². The van der Waals surface area contributed by atoms with E-state index in [9.17, 15) is 0 Å². The van der Waals surface area contributed by atoms with Crippen molar-refractivity contribution in [3.63, 3.8) is 0 Å². The molecular formula is C12H23N. The van der Waals surface area contributed by atoms with Gasteiger partial charge < -0.3 is 5.32 Å². The third kappa shape index (κ3) is 3.95. The molecule has 0 bridgehead atoms. The average Bonchev–Trinajstić information content (AvgIpc) is 2.39. The molecule has 1 aliphatic rings. The molecule has 1 rings (SSSR count). The van der Waals surface area contributed by atoms with Crippen LogP contribution in [0.1, 0.15) is 44.9 Å². The Labute approximate surface area is 82.6 Å². The summed E-state index contributed by atoms with van der Waals surface area (Å²) in [6.07, 6.45) is 11.6. The molecule has 1 aliphatic carbocycles. The zero-order valence-electron chi connectivity index (χ0n) is 8.89. The van der Waals surface area contributed by atoms with Gasteiger partial charge in [-0.2, -0.15) is 0 Å². The summed E-state index contributed by atoms with van der Waals surface area (Å²) < 4.78 is 0. The Balaban J connectivity index is 2.30. The predicted octanol–water partition coefficient (Wildman–Crippen LogP) is 3.12. The summed E-state index contributed by atoms with van der Waals surface area (Å²) in [7, 11) is 2.10. The first-order valence-electron chi connectivity index (χ1n) is 5.65. The van der Waals surface area contributed by atoms with Crippen LogP contribution >= 0.6 is 0 Å². The summed E-state index contributed by atoms with van der Waals surface area (Å²) >= 11 is 0. The van der Waals surface area contributed by atoms with Crippen molar-refractivity contribution in [2.45, 2.75) is 51.0 Å². The van der Waals surface area contributed by atoms with Gasteiger partial charge in [-0.15, -0.1) is 6.58 Å². The van der Waals surface area contributed by atoms with Gasteiger partial charge in [0.2, 0.25) is 0 Å². The van der Waals surface area contributed by atoms with Crippen LogP contribution in [0.25, 0.3) is 0 Å². The van der Waals surface area contributed by atoms with E-state index < -0.39 is 0 Å². The smallest absolute Gasteiger partial charge is 0.00667 e. The first-order chi connectivity index (χ1) is 6.36. The maximum atomic E-state index is 3.79. The van der Waals surface area contributed by atoms with Crippen LogP contribution in [0.15, 0.2) is 12.7 Å². The number of rotatable bonds is 4. The van der Waals surface area contributed by atoms with Crippen molar-refractivity contribution in [1.82, 2.24) is 5.32 Å². The molecule has 1 N–H and O–H groups in total. The van der Waals surface area contributed by atoms with Gasteiger partial charge in [0.05, 0.1) is 0 Å². The Bertz CT molecular complexity index is 142. The molecule has 1 nitrogen and oxygen atoms in total. The quantitative estimate of drug-likeness (QED) is 0.519. The van der Waals surface area contributed by atoms with E-state index in [-0.39, 0.29) is 0 Å². The van der Waals surface area contributed by atoms with Crippen molar-refractivity contribution < 1.29 is 0 Å². The Hall–Kier alpha value is -0.300. The van der Waals surface area contributed by atoms with Gasteiger partial charge in [-0.1, -0.05) is 25.3 Å². The van der Waals surface area contributed by atoms with Crippen molar-refractivity contribution in [3.8, 4) is 0 Å². The first kappa shape index (κ1) is 10.8. The molecule has 1 heteroatoms. The molecule has 0 amide bonds. The third-order valence-electron chi connectivity index (χ3n) is 3.22. The molecule has 0 radical (unpaired) electrons. The van der Waals surface area contributed by atoms with Crippen molar-refractivity contribution in [3.05, 3.63) is 12.7 Å². The molecule has 0 aromatic rings. The summed E-state index contributed by atoms with van der Waals surface area (Å²) in [5.74, 6) is 0.943. The monoisotopic (exact) mass is 181 g/mol. The Morgan fingerprint density at radius 2 is 2.15 bits per heavy atom. The number of nitrogens with one attached hydrogen (secondary N) is 1. The van der Waals surface area contributed by atoms with E-state index in [1.54, 1.807) is 0 Å². The number of hydrogen-bond acceptors (Lipinski definition) is 1. The van der Waals surface area contributed by atoms with Crippen LogP contribution in [0.5, 0.6) is 0 Å². The number of hydrogen-bond donors (Lipinski definition) is 1. The van der Waals surface area contributed by atoms with Crippen molar-refractivity contribution in [2.24, 2.45) is 5.92 Å². The number of allylic oxidation sites excluding steroid dienone is 1. The minimum atomic E-state index is 0.775. The normalized spacial score (nSPS) is 29.6. The molecule has 0 aliphatic heterocycles. The topological polar surface area (TPSA) is 12.0 Å². The zero-order chi connectivity index (χ0) is 9.52. The molecule has 2 unspecified atom stereocenters. The molecule has 0 aromatic heterocycles. The second kappa shape index (κ2) is 6.20. The summed E-state index contributed by atoms with van der Waals surface area (Å²) in [6, 6.07) is 0.775. The van der Waals surface area contributed by atoms with Crippen molar-refractivity contribution in [2.75, 3.05) is 7.05 Å². The average molecular weight is 181 g/mol. The second-order valence-electron chi connectivity index (χ2n) is 4.24. The lowest BCUT2D eigenvalue weighted by Crippen LogP contribution is -2.26. The fourth-order valence-electron chi connectivity index (χ4n) is 2.34. The Kier molecular flexibility index (Phi) is 5.14. The lowest BCUT2D eigenvalue weighted by molar-refractivity contribution is 0.383. The maximum Gasteiger partial charge on any atom is 0.00667 e. The van der Waals surface area contributed by atoms with Gasteiger partial charge in [0.15, 0.2) is 0 Å². The fraction of sp³-hybridized carbons (Fsp3) is 0.833. The van der Waals surface area contributed by atoms with E-state index in [4.69, 9.17) is 0 Å². The minimum absolute atomic E-state index is 0.775. The van der Waals surface area contributed by atoms with Crippen LogP contribution in [-0.4, -0.2) is 13.1 Å². The summed E-state index contributed by atoms with van der Waals surface area (Å²) in [6.45, 7) is 3.79. The molecule has 0 spiro atoms. The van der Waals surface area contributed by atoms with E-state index in [0.29, 0.717) is 0 Å². The molecule has 2 atom stereocenters. The van der Waals surface area contributed by atoms with Crippen LogP contribution in [0.3, 0.4) is 0 Å². The third-order valence-corrected chi connectivity index (χ3v) is 3.22. The molecule has 1 saturated carbocycles. The van der Waals surface area contributed by atoms with E-state index >= 15 is 0 Å². The summed E-state index contributed by atoms with van der Waals surface area (Å²) in [5, 5.41) is 3.42. The van der Waals surface area contributed by atoms with Crippen LogP contribution in [0.2, 0.25) is 0 Å². The maximum absolute atomic E-state index is 3.79. The van der Waals surface area contributed by atoms with Crippen LogP contribution in [0.4, 0.5) is 0 Å². The fourth-order valence-corrected chi connectivity index (χ4v) is 2.34. The van der Waals surface area contributed by atoms with Crippen LogP contribution in [-0.2, 0) is 0 Å². The second-order valence-corrected chi connectivity index (χ2v) is 4.24. The van der Waals surface area contributed by atoms with Gasteiger partial charge in [-0.05, 0) is 38.6 Å². The highest BCUT2D eigenvalue weighted by molar-refractivity contribution is 4.77. The lowest BCUT2D eigenvalue weighted by atomic mass is 9.93. The molecule has 0 heterocycles. The molecule has 0 aromatic carbocycles. The lowest BCUT2D eigenvalue weighted by Gasteiger charge is -2.18. The summed E-state index contributed by atoms with van der Waals surface area (Å²) in [4.78, 5) is 0. The largest absolute Gasteiger partial charge is 0.317 e. The summed E-state index contributed by atoms with van der Waals surface area (Å²) in [5.41, 5.74) is 0. The van der Waals surface area contributed by atoms with E-state index in [0.717, 1.165) is 12.0 Å². The Morgan fingerprint density at radius 1 is 1.38 bits per heavy atom. The van der Waals surface area contributed by atoms with Gasteiger partial charge in [0.1, 0.15) is 0 Å². The molecule has 76 valence electrons. The highest BCUT2D eigenvalue weighted by atomic mass is 14.9. The SMILES string of the molecule is C=CCCC1CCCCC(NC)C1. The van der Waals surface area contributed by atoms with Crippen LogP contribution < -0.4 is 5.32 Å². The van der Waals surface area contributed by atoms with E-state index in [1.165, 1.54) is 44.9 Å². The molecule has 0 saturated heterocycles. The Morgan fingerprint density at radius 3 is 2.85 bits per heavy atom. The predicted molar refractivity (Wildman–Crippen MR) is 58.9 cm³/mol. The van der Waals surface area contributed by atoms with Crippen LogP contribution in [0, 0.1) is 5.92 Å².